The molecular formula is C20H21N3O3S. The predicted octanol–water partition coefficient (Wildman–Crippen LogP) is 1.94. The van der Waals surface area contributed by atoms with Crippen LogP contribution >= 0.6 is 0 Å². The Kier molecular flexibility index (Phi) is 4.38. The van der Waals surface area contributed by atoms with Crippen LogP contribution in [0, 0.1) is 0 Å². The number of rotatable bonds is 5. The van der Waals surface area contributed by atoms with Gasteiger partial charge in [-0.1, -0.05) is 24.3 Å². The Labute approximate surface area is 157 Å². The summed E-state index contributed by atoms with van der Waals surface area (Å²) in [5.74, 6) is 0. The van der Waals surface area contributed by atoms with Gasteiger partial charge in [0, 0.05) is 30.5 Å². The monoisotopic (exact) mass is 383 g/mol. The highest BCUT2D eigenvalue weighted by molar-refractivity contribution is 7.89. The van der Waals surface area contributed by atoms with Gasteiger partial charge in [-0.25, -0.2) is 13.1 Å². The summed E-state index contributed by atoms with van der Waals surface area (Å²) in [4.78, 5) is 17.5. The molecule has 0 unspecified atom stereocenters. The number of nitrogens with zero attached hydrogens (tertiary/aromatic N) is 1. The van der Waals surface area contributed by atoms with Crippen molar-refractivity contribution in [2.45, 2.75) is 11.3 Å². The Morgan fingerprint density at radius 2 is 1.85 bits per heavy atom. The van der Waals surface area contributed by atoms with Crippen molar-refractivity contribution in [3.8, 4) is 11.3 Å². The normalized spacial score (nSPS) is 13.1. The largest absolute Gasteiger partial charge is 0.321 e. The van der Waals surface area contributed by atoms with Crippen molar-refractivity contribution in [1.29, 1.82) is 0 Å². The molecule has 0 fully saturated rings. The fourth-order valence-corrected chi connectivity index (χ4v) is 4.62. The van der Waals surface area contributed by atoms with Crippen molar-refractivity contribution >= 4 is 20.8 Å². The summed E-state index contributed by atoms with van der Waals surface area (Å²) < 4.78 is 27.8. The van der Waals surface area contributed by atoms with E-state index in [1.165, 1.54) is 0 Å². The second kappa shape index (κ2) is 6.60. The first-order valence-electron chi connectivity index (χ1n) is 8.78. The third-order valence-electron chi connectivity index (χ3n) is 4.91. The van der Waals surface area contributed by atoms with Crippen molar-refractivity contribution in [2.75, 3.05) is 27.2 Å². The lowest BCUT2D eigenvalue weighted by Gasteiger charge is -2.11. The highest BCUT2D eigenvalue weighted by atomic mass is 32.2. The summed E-state index contributed by atoms with van der Waals surface area (Å²) in [6, 6.07) is 12.6. The van der Waals surface area contributed by atoms with Crippen LogP contribution in [0.5, 0.6) is 0 Å². The summed E-state index contributed by atoms with van der Waals surface area (Å²) in [6.07, 6.45) is 0.600. The molecule has 3 aromatic rings. The molecule has 140 valence electrons. The summed E-state index contributed by atoms with van der Waals surface area (Å²) >= 11 is 0. The van der Waals surface area contributed by atoms with Crippen LogP contribution in [0.4, 0.5) is 0 Å². The number of hydrogen-bond donors (Lipinski definition) is 2. The van der Waals surface area contributed by atoms with Gasteiger partial charge in [0.15, 0.2) is 0 Å². The number of aromatic nitrogens is 1. The number of H-pyrrole nitrogens is 1. The lowest BCUT2D eigenvalue weighted by atomic mass is 10.0. The minimum atomic E-state index is -3.56. The Hall–Kier alpha value is -2.48. The molecule has 0 saturated carbocycles. The van der Waals surface area contributed by atoms with Crippen molar-refractivity contribution in [2.24, 2.45) is 0 Å². The van der Waals surface area contributed by atoms with E-state index in [1.54, 1.807) is 18.2 Å². The van der Waals surface area contributed by atoms with Crippen LogP contribution in [0.2, 0.25) is 0 Å². The van der Waals surface area contributed by atoms with Crippen molar-refractivity contribution < 1.29 is 8.42 Å². The first-order valence-corrected chi connectivity index (χ1v) is 10.3. The molecule has 1 aliphatic carbocycles. The first kappa shape index (κ1) is 17.9. The van der Waals surface area contributed by atoms with E-state index in [9.17, 15) is 13.2 Å². The molecule has 0 bridgehead atoms. The molecule has 0 radical (unpaired) electrons. The van der Waals surface area contributed by atoms with E-state index in [1.807, 2.05) is 43.3 Å². The van der Waals surface area contributed by atoms with Gasteiger partial charge in [0.05, 0.1) is 10.6 Å². The molecule has 7 heteroatoms. The van der Waals surface area contributed by atoms with Crippen LogP contribution in [0.3, 0.4) is 0 Å². The van der Waals surface area contributed by atoms with Gasteiger partial charge in [-0.15, -0.1) is 0 Å². The maximum atomic E-state index is 12.6. The quantitative estimate of drug-likeness (QED) is 0.552. The lowest BCUT2D eigenvalue weighted by molar-refractivity contribution is 0.412. The molecule has 0 amide bonds. The van der Waals surface area contributed by atoms with Crippen molar-refractivity contribution in [3.63, 3.8) is 0 Å². The molecule has 1 aromatic heterocycles. The zero-order valence-corrected chi connectivity index (χ0v) is 16.1. The van der Waals surface area contributed by atoms with Gasteiger partial charge < -0.3 is 9.88 Å². The third-order valence-corrected chi connectivity index (χ3v) is 6.37. The van der Waals surface area contributed by atoms with Crippen LogP contribution in [0.25, 0.3) is 22.0 Å². The van der Waals surface area contributed by atoms with Crippen LogP contribution in [0.1, 0.15) is 11.1 Å². The van der Waals surface area contributed by atoms with Gasteiger partial charge in [-0.05, 0) is 48.8 Å². The first-order chi connectivity index (χ1) is 12.9. The summed E-state index contributed by atoms with van der Waals surface area (Å²) in [7, 11) is 0.226. The molecular weight excluding hydrogens is 362 g/mol. The minimum absolute atomic E-state index is 0.126. The van der Waals surface area contributed by atoms with Crippen LogP contribution in [-0.2, 0) is 16.4 Å². The molecule has 1 aliphatic rings. The average molecular weight is 383 g/mol. The zero-order chi connectivity index (χ0) is 19.2. The summed E-state index contributed by atoms with van der Waals surface area (Å²) in [5, 5.41) is 1.57. The van der Waals surface area contributed by atoms with E-state index >= 15 is 0 Å². The van der Waals surface area contributed by atoms with E-state index in [0.29, 0.717) is 24.9 Å². The lowest BCUT2D eigenvalue weighted by Crippen LogP contribution is -2.31. The average Bonchev–Trinajstić information content (AvgIpc) is 2.99. The molecule has 2 N–H and O–H groups in total. The SMILES string of the molecule is CN(C)CCNS(=O)(=O)c1ccc2c(c1)Cc1c-2[nH]c(=O)c2ccccc12. The van der Waals surface area contributed by atoms with Crippen molar-refractivity contribution in [3.05, 3.63) is 63.9 Å². The number of fused-ring (bicyclic) bond motifs is 5. The number of nitrogens with one attached hydrogen (secondary N) is 2. The standard InChI is InChI=1S/C20H21N3O3S/c1-23(2)10-9-21-27(25,26)14-7-8-15-13(11-14)12-18-16-5-3-4-6-17(16)20(24)22-19(15)18/h3-8,11,21H,9-10,12H2,1-2H3,(H,22,24). The Morgan fingerprint density at radius 1 is 1.11 bits per heavy atom. The molecule has 6 nitrogen and oxygen atoms in total. The predicted molar refractivity (Wildman–Crippen MR) is 107 cm³/mol. The number of benzene rings is 2. The zero-order valence-electron chi connectivity index (χ0n) is 15.2. The Balaban J connectivity index is 1.72. The number of pyridine rings is 1. The van der Waals surface area contributed by atoms with E-state index < -0.39 is 10.0 Å². The number of likely N-dealkylation sites (N-methyl/N-ethyl adjacent to an activating group) is 1. The van der Waals surface area contributed by atoms with Gasteiger partial charge >= 0.3 is 0 Å². The molecule has 2 aromatic carbocycles. The van der Waals surface area contributed by atoms with Crippen molar-refractivity contribution in [1.82, 2.24) is 14.6 Å². The minimum Gasteiger partial charge on any atom is -0.321 e. The highest BCUT2D eigenvalue weighted by Crippen LogP contribution is 2.38. The second-order valence-electron chi connectivity index (χ2n) is 7.05. The topological polar surface area (TPSA) is 82.3 Å². The third kappa shape index (κ3) is 3.18. The molecule has 0 aliphatic heterocycles. The van der Waals surface area contributed by atoms with E-state index in [-0.39, 0.29) is 10.5 Å². The number of aromatic amines is 1. The summed E-state index contributed by atoms with van der Waals surface area (Å²) in [5.41, 5.74) is 3.50. The Bertz CT molecular complexity index is 1200. The molecule has 0 spiro atoms. The smallest absolute Gasteiger partial charge is 0.256 e. The maximum absolute atomic E-state index is 12.6. The highest BCUT2D eigenvalue weighted by Gasteiger charge is 2.25. The number of sulfonamides is 1. The van der Waals surface area contributed by atoms with Crippen LogP contribution < -0.4 is 10.3 Å². The fourth-order valence-electron chi connectivity index (χ4n) is 3.55. The van der Waals surface area contributed by atoms with Gasteiger partial charge in [0.25, 0.3) is 5.56 Å². The van der Waals surface area contributed by atoms with E-state index in [2.05, 4.69) is 9.71 Å². The van der Waals surface area contributed by atoms with Crippen LogP contribution in [0.15, 0.2) is 52.2 Å². The molecule has 27 heavy (non-hydrogen) atoms. The molecule has 1 heterocycles. The fraction of sp³-hybridized carbons (Fsp3) is 0.250. The molecule has 4 rings (SSSR count). The van der Waals surface area contributed by atoms with Gasteiger partial charge in [0.2, 0.25) is 10.0 Å². The van der Waals surface area contributed by atoms with Crippen LogP contribution in [-0.4, -0.2) is 45.5 Å². The Morgan fingerprint density at radius 3 is 2.59 bits per heavy atom. The molecule has 0 atom stereocenters. The molecule has 0 saturated heterocycles. The second-order valence-corrected chi connectivity index (χ2v) is 8.82. The van der Waals surface area contributed by atoms with Gasteiger partial charge in [-0.2, -0.15) is 0 Å². The number of hydrogen-bond acceptors (Lipinski definition) is 4. The van der Waals surface area contributed by atoms with E-state index in [4.69, 9.17) is 0 Å². The van der Waals surface area contributed by atoms with Gasteiger partial charge in [0.1, 0.15) is 0 Å². The summed E-state index contributed by atoms with van der Waals surface area (Å²) in [6.45, 7) is 0.980. The maximum Gasteiger partial charge on any atom is 0.256 e. The van der Waals surface area contributed by atoms with Gasteiger partial charge in [-0.3, -0.25) is 4.79 Å². The van der Waals surface area contributed by atoms with E-state index in [0.717, 1.165) is 27.8 Å².